The van der Waals surface area contributed by atoms with E-state index in [9.17, 15) is 4.79 Å². The maximum absolute atomic E-state index is 11.6. The number of hydrogen-bond acceptors (Lipinski definition) is 3. The van der Waals surface area contributed by atoms with Crippen LogP contribution in [0, 0.1) is 0 Å². The number of rotatable bonds is 7. The van der Waals surface area contributed by atoms with Crippen LogP contribution >= 0.6 is 0 Å². The van der Waals surface area contributed by atoms with Gasteiger partial charge in [-0.2, -0.15) is 0 Å². The molecule has 1 aliphatic rings. The molecular formula is C10H20N2O2. The molecule has 1 aliphatic carbocycles. The van der Waals surface area contributed by atoms with Crippen molar-refractivity contribution in [2.45, 2.75) is 32.2 Å². The SMILES string of the molecule is CCN(C(=O)COCCCN)C1CC1. The molecule has 2 N–H and O–H groups in total. The third kappa shape index (κ3) is 3.64. The van der Waals surface area contributed by atoms with Gasteiger partial charge < -0.3 is 15.4 Å². The maximum Gasteiger partial charge on any atom is 0.248 e. The molecule has 0 heterocycles. The third-order valence-corrected chi connectivity index (χ3v) is 2.37. The summed E-state index contributed by atoms with van der Waals surface area (Å²) in [5, 5.41) is 0. The number of likely N-dealkylation sites (N-methyl/N-ethyl adjacent to an activating group) is 1. The maximum atomic E-state index is 11.6. The number of carbonyl (C=O) groups is 1. The van der Waals surface area contributed by atoms with E-state index in [1.54, 1.807) is 0 Å². The molecule has 0 radical (unpaired) electrons. The number of nitrogens with zero attached hydrogens (tertiary/aromatic N) is 1. The van der Waals surface area contributed by atoms with Crippen molar-refractivity contribution in [3.63, 3.8) is 0 Å². The zero-order chi connectivity index (χ0) is 10.4. The van der Waals surface area contributed by atoms with Gasteiger partial charge in [-0.3, -0.25) is 4.79 Å². The van der Waals surface area contributed by atoms with Gasteiger partial charge >= 0.3 is 0 Å². The fraction of sp³-hybridized carbons (Fsp3) is 0.900. The predicted octanol–water partition coefficient (Wildman–Crippen LogP) is 0.363. The van der Waals surface area contributed by atoms with E-state index in [0.29, 0.717) is 19.2 Å². The van der Waals surface area contributed by atoms with Crippen molar-refractivity contribution in [2.24, 2.45) is 5.73 Å². The monoisotopic (exact) mass is 200 g/mol. The van der Waals surface area contributed by atoms with Gasteiger partial charge in [-0.05, 0) is 32.7 Å². The second-order valence-corrected chi connectivity index (χ2v) is 3.61. The van der Waals surface area contributed by atoms with E-state index in [1.165, 1.54) is 0 Å². The van der Waals surface area contributed by atoms with E-state index >= 15 is 0 Å². The van der Waals surface area contributed by atoms with Gasteiger partial charge in [0.25, 0.3) is 0 Å². The molecule has 0 bridgehead atoms. The zero-order valence-electron chi connectivity index (χ0n) is 8.87. The van der Waals surface area contributed by atoms with Gasteiger partial charge in [0, 0.05) is 19.2 Å². The summed E-state index contributed by atoms with van der Waals surface area (Å²) >= 11 is 0. The van der Waals surface area contributed by atoms with Crippen LogP contribution in [0.5, 0.6) is 0 Å². The van der Waals surface area contributed by atoms with Crippen LogP contribution < -0.4 is 5.73 Å². The van der Waals surface area contributed by atoms with Crippen LogP contribution in [0.3, 0.4) is 0 Å². The zero-order valence-corrected chi connectivity index (χ0v) is 8.87. The number of ether oxygens (including phenoxy) is 1. The van der Waals surface area contributed by atoms with Crippen LogP contribution in [0.4, 0.5) is 0 Å². The molecule has 0 aliphatic heterocycles. The Morgan fingerprint density at radius 1 is 1.57 bits per heavy atom. The Labute approximate surface area is 85.4 Å². The Balaban J connectivity index is 2.12. The molecule has 0 saturated heterocycles. The van der Waals surface area contributed by atoms with Crippen molar-refractivity contribution in [2.75, 3.05) is 26.3 Å². The normalized spacial score (nSPS) is 15.6. The van der Waals surface area contributed by atoms with Crippen molar-refractivity contribution in [3.05, 3.63) is 0 Å². The minimum atomic E-state index is 0.118. The average Bonchev–Trinajstić information content (AvgIpc) is 2.98. The van der Waals surface area contributed by atoms with E-state index in [1.807, 2.05) is 11.8 Å². The number of hydrogen-bond donors (Lipinski definition) is 1. The van der Waals surface area contributed by atoms with Gasteiger partial charge in [-0.1, -0.05) is 0 Å². The predicted molar refractivity (Wildman–Crippen MR) is 54.9 cm³/mol. The second-order valence-electron chi connectivity index (χ2n) is 3.61. The smallest absolute Gasteiger partial charge is 0.248 e. The number of carbonyl (C=O) groups excluding carboxylic acids is 1. The summed E-state index contributed by atoms with van der Waals surface area (Å²) in [6.45, 7) is 4.23. The average molecular weight is 200 g/mol. The summed E-state index contributed by atoms with van der Waals surface area (Å²) in [4.78, 5) is 13.5. The first kappa shape index (κ1) is 11.5. The van der Waals surface area contributed by atoms with Crippen LogP contribution in [-0.4, -0.2) is 43.2 Å². The van der Waals surface area contributed by atoms with E-state index in [4.69, 9.17) is 10.5 Å². The lowest BCUT2D eigenvalue weighted by Gasteiger charge is -2.20. The summed E-state index contributed by atoms with van der Waals surface area (Å²) in [6, 6.07) is 0.491. The summed E-state index contributed by atoms with van der Waals surface area (Å²) in [5.41, 5.74) is 5.31. The van der Waals surface area contributed by atoms with Gasteiger partial charge in [0.1, 0.15) is 6.61 Å². The third-order valence-electron chi connectivity index (χ3n) is 2.37. The summed E-state index contributed by atoms with van der Waals surface area (Å²) in [7, 11) is 0. The summed E-state index contributed by atoms with van der Waals surface area (Å²) in [6.07, 6.45) is 3.13. The molecular weight excluding hydrogens is 180 g/mol. The Hall–Kier alpha value is -0.610. The highest BCUT2D eigenvalue weighted by Gasteiger charge is 2.30. The molecule has 0 aromatic rings. The molecule has 1 rings (SSSR count). The number of nitrogens with two attached hydrogens (primary N) is 1. The van der Waals surface area contributed by atoms with Gasteiger partial charge in [-0.25, -0.2) is 0 Å². The Bertz CT molecular complexity index is 181. The molecule has 1 fully saturated rings. The quantitative estimate of drug-likeness (QED) is 0.604. The van der Waals surface area contributed by atoms with E-state index in [0.717, 1.165) is 25.8 Å². The Kier molecular flexibility index (Phi) is 4.90. The van der Waals surface area contributed by atoms with Crippen LogP contribution in [-0.2, 0) is 9.53 Å². The van der Waals surface area contributed by atoms with Crippen molar-refractivity contribution < 1.29 is 9.53 Å². The van der Waals surface area contributed by atoms with Crippen LogP contribution in [0.1, 0.15) is 26.2 Å². The van der Waals surface area contributed by atoms with Crippen molar-refractivity contribution in [1.29, 1.82) is 0 Å². The van der Waals surface area contributed by atoms with Gasteiger partial charge in [0.15, 0.2) is 0 Å². The molecule has 82 valence electrons. The van der Waals surface area contributed by atoms with E-state index < -0.39 is 0 Å². The lowest BCUT2D eigenvalue weighted by molar-refractivity contribution is -0.136. The van der Waals surface area contributed by atoms with Crippen LogP contribution in [0.25, 0.3) is 0 Å². The fourth-order valence-corrected chi connectivity index (χ4v) is 1.45. The second kappa shape index (κ2) is 5.98. The van der Waals surface area contributed by atoms with E-state index in [-0.39, 0.29) is 12.5 Å². The molecule has 0 aromatic carbocycles. The highest BCUT2D eigenvalue weighted by Crippen LogP contribution is 2.26. The summed E-state index contributed by atoms with van der Waals surface area (Å²) in [5.74, 6) is 0.118. The number of amides is 1. The van der Waals surface area contributed by atoms with Gasteiger partial charge in [0.2, 0.25) is 5.91 Å². The molecule has 0 aromatic heterocycles. The van der Waals surface area contributed by atoms with E-state index in [2.05, 4.69) is 0 Å². The van der Waals surface area contributed by atoms with Crippen LogP contribution in [0.15, 0.2) is 0 Å². The first-order chi connectivity index (χ1) is 6.79. The standard InChI is InChI=1S/C10H20N2O2/c1-2-12(9-4-5-9)10(13)8-14-7-3-6-11/h9H,2-8,11H2,1H3. The van der Waals surface area contributed by atoms with Gasteiger partial charge in [0.05, 0.1) is 0 Å². The van der Waals surface area contributed by atoms with Crippen molar-refractivity contribution >= 4 is 5.91 Å². The molecule has 4 heteroatoms. The highest BCUT2D eigenvalue weighted by atomic mass is 16.5. The lowest BCUT2D eigenvalue weighted by Crippen LogP contribution is -2.35. The Morgan fingerprint density at radius 3 is 2.79 bits per heavy atom. The minimum absolute atomic E-state index is 0.118. The largest absolute Gasteiger partial charge is 0.372 e. The Morgan fingerprint density at radius 2 is 2.29 bits per heavy atom. The first-order valence-corrected chi connectivity index (χ1v) is 5.36. The van der Waals surface area contributed by atoms with Crippen molar-refractivity contribution in [3.8, 4) is 0 Å². The molecule has 1 saturated carbocycles. The molecule has 0 spiro atoms. The highest BCUT2D eigenvalue weighted by molar-refractivity contribution is 5.78. The van der Waals surface area contributed by atoms with Gasteiger partial charge in [-0.15, -0.1) is 0 Å². The summed E-state index contributed by atoms with van der Waals surface area (Å²) < 4.78 is 5.23. The molecule has 0 atom stereocenters. The molecule has 14 heavy (non-hydrogen) atoms. The topological polar surface area (TPSA) is 55.6 Å². The minimum Gasteiger partial charge on any atom is -0.372 e. The first-order valence-electron chi connectivity index (χ1n) is 5.36. The fourth-order valence-electron chi connectivity index (χ4n) is 1.45. The lowest BCUT2D eigenvalue weighted by atomic mass is 10.4. The van der Waals surface area contributed by atoms with Crippen molar-refractivity contribution in [1.82, 2.24) is 4.90 Å². The molecule has 4 nitrogen and oxygen atoms in total. The van der Waals surface area contributed by atoms with Crippen LogP contribution in [0.2, 0.25) is 0 Å². The molecule has 1 amide bonds. The molecule has 0 unspecified atom stereocenters.